The molecule has 0 radical (unpaired) electrons. The third kappa shape index (κ3) is 7.75. The molecule has 0 unspecified atom stereocenters. The van der Waals surface area contributed by atoms with E-state index >= 15 is 0 Å². The topological polar surface area (TPSA) is 77.0 Å². The molecule has 0 spiro atoms. The minimum Gasteiger partial charge on any atom is -0.493 e. The van der Waals surface area contributed by atoms with Gasteiger partial charge in [0.25, 0.3) is 0 Å². The molecule has 8 heteroatoms. The number of pyridine rings is 1. The predicted molar refractivity (Wildman–Crippen MR) is 134 cm³/mol. The maximum absolute atomic E-state index is 5.99. The number of hydrogen-bond acceptors (Lipinski definition) is 5. The Bertz CT molecular complexity index is 841. The normalized spacial score (nSPS) is 14.0. The molecule has 0 saturated heterocycles. The van der Waals surface area contributed by atoms with Crippen LogP contribution in [-0.2, 0) is 13.0 Å². The summed E-state index contributed by atoms with van der Waals surface area (Å²) in [7, 11) is 5.06. The number of hydrogen-bond donors (Lipinski definition) is 2. The van der Waals surface area contributed by atoms with Gasteiger partial charge in [0.05, 0.1) is 14.2 Å². The van der Waals surface area contributed by atoms with E-state index in [-0.39, 0.29) is 24.0 Å². The number of nitrogens with one attached hydrogen (secondary N) is 2. The molecule has 1 aliphatic carbocycles. The van der Waals surface area contributed by atoms with E-state index in [0.29, 0.717) is 18.5 Å². The van der Waals surface area contributed by atoms with Crippen LogP contribution in [0.2, 0.25) is 0 Å². The van der Waals surface area contributed by atoms with Crippen LogP contribution < -0.4 is 24.8 Å². The number of aromatic nitrogens is 1. The van der Waals surface area contributed by atoms with E-state index in [1.54, 1.807) is 27.5 Å². The molecule has 0 aliphatic heterocycles. The Morgan fingerprint density at radius 1 is 1.03 bits per heavy atom. The van der Waals surface area contributed by atoms with Gasteiger partial charge < -0.3 is 24.8 Å². The quantitative estimate of drug-likeness (QED) is 0.285. The fraction of sp³-hybridized carbons (Fsp3) is 0.478. The number of methoxy groups -OCH3 is 2. The molecule has 1 saturated carbocycles. The van der Waals surface area contributed by atoms with Crippen LogP contribution in [0.25, 0.3) is 0 Å². The predicted octanol–water partition coefficient (Wildman–Crippen LogP) is 3.95. The molecule has 0 amide bonds. The van der Waals surface area contributed by atoms with Gasteiger partial charge in [-0.3, -0.25) is 4.99 Å². The molecular formula is C23H33IN4O3. The van der Waals surface area contributed by atoms with Crippen molar-refractivity contribution in [3.05, 3.63) is 47.7 Å². The van der Waals surface area contributed by atoms with Crippen LogP contribution in [-0.4, -0.2) is 44.9 Å². The van der Waals surface area contributed by atoms with Gasteiger partial charge in [-0.1, -0.05) is 6.07 Å². The molecule has 1 aromatic carbocycles. The van der Waals surface area contributed by atoms with Crippen LogP contribution in [0.3, 0.4) is 0 Å². The Morgan fingerprint density at radius 2 is 1.81 bits per heavy atom. The monoisotopic (exact) mass is 540 g/mol. The van der Waals surface area contributed by atoms with Crippen molar-refractivity contribution in [3.63, 3.8) is 0 Å². The van der Waals surface area contributed by atoms with Crippen molar-refractivity contribution < 1.29 is 14.2 Å². The second-order valence-electron chi connectivity index (χ2n) is 7.32. The van der Waals surface area contributed by atoms with Crippen molar-refractivity contribution in [2.45, 2.75) is 44.8 Å². The van der Waals surface area contributed by atoms with Crippen LogP contribution in [0, 0.1) is 0 Å². The lowest BCUT2D eigenvalue weighted by atomic mass is 10.1. The molecule has 2 aromatic rings. The second kappa shape index (κ2) is 13.2. The van der Waals surface area contributed by atoms with Crippen LogP contribution >= 0.6 is 24.0 Å². The molecule has 2 N–H and O–H groups in total. The van der Waals surface area contributed by atoms with E-state index in [0.717, 1.165) is 48.8 Å². The van der Waals surface area contributed by atoms with E-state index < -0.39 is 0 Å². The summed E-state index contributed by atoms with van der Waals surface area (Å²) in [6.45, 7) is 1.40. The van der Waals surface area contributed by atoms with Gasteiger partial charge >= 0.3 is 0 Å². The molecule has 0 atom stereocenters. The van der Waals surface area contributed by atoms with Gasteiger partial charge in [0, 0.05) is 32.4 Å². The van der Waals surface area contributed by atoms with E-state index in [4.69, 9.17) is 14.2 Å². The SMILES string of the molecule is CN=C(NCCc1ccc(OC)c(OC)c1)NCc1ccnc(OC2CCCC2)c1.I. The standard InChI is InChI=1S/C23H32N4O3.HI/c1-24-23(26-13-10-17-8-9-20(28-2)21(14-17)29-3)27-16-18-11-12-25-22(15-18)30-19-6-4-5-7-19;/h8-9,11-12,14-15,19H,4-7,10,13,16H2,1-3H3,(H2,24,26,27);1H. The highest BCUT2D eigenvalue weighted by Gasteiger charge is 2.17. The second-order valence-corrected chi connectivity index (χ2v) is 7.32. The Hall–Kier alpha value is -2.23. The first-order chi connectivity index (χ1) is 14.7. The van der Waals surface area contributed by atoms with E-state index in [1.165, 1.54) is 18.4 Å². The van der Waals surface area contributed by atoms with Gasteiger partial charge in [-0.2, -0.15) is 0 Å². The average Bonchev–Trinajstić information content (AvgIpc) is 3.29. The first-order valence-electron chi connectivity index (χ1n) is 10.5. The highest BCUT2D eigenvalue weighted by atomic mass is 127. The molecule has 1 fully saturated rings. The number of nitrogens with zero attached hydrogens (tertiary/aromatic N) is 2. The largest absolute Gasteiger partial charge is 0.493 e. The van der Waals surface area contributed by atoms with Crippen molar-refractivity contribution in [3.8, 4) is 17.4 Å². The lowest BCUT2D eigenvalue weighted by Crippen LogP contribution is -2.37. The summed E-state index contributed by atoms with van der Waals surface area (Å²) in [4.78, 5) is 8.65. The van der Waals surface area contributed by atoms with Crippen LogP contribution in [0.1, 0.15) is 36.8 Å². The molecular weight excluding hydrogens is 507 g/mol. The average molecular weight is 540 g/mol. The number of aliphatic imine (C=N–C) groups is 1. The van der Waals surface area contributed by atoms with Crippen LogP contribution in [0.5, 0.6) is 17.4 Å². The first-order valence-corrected chi connectivity index (χ1v) is 10.5. The Balaban J connectivity index is 0.00000341. The summed E-state index contributed by atoms with van der Waals surface area (Å²) in [6.07, 6.45) is 7.70. The third-order valence-electron chi connectivity index (χ3n) is 5.23. The van der Waals surface area contributed by atoms with Gasteiger partial charge in [-0.05, 0) is 61.4 Å². The lowest BCUT2D eigenvalue weighted by Gasteiger charge is -2.14. The van der Waals surface area contributed by atoms with E-state index in [1.807, 2.05) is 30.3 Å². The molecule has 1 aliphatic rings. The number of halogens is 1. The molecule has 31 heavy (non-hydrogen) atoms. The number of rotatable bonds is 9. The van der Waals surface area contributed by atoms with Crippen molar-refractivity contribution in [1.82, 2.24) is 15.6 Å². The summed E-state index contributed by atoms with van der Waals surface area (Å²) in [5.41, 5.74) is 2.28. The summed E-state index contributed by atoms with van der Waals surface area (Å²) in [6, 6.07) is 9.96. The zero-order valence-corrected chi connectivity index (χ0v) is 20.8. The van der Waals surface area contributed by atoms with Crippen molar-refractivity contribution in [1.29, 1.82) is 0 Å². The Kier molecular flexibility index (Phi) is 10.7. The summed E-state index contributed by atoms with van der Waals surface area (Å²) in [5.74, 6) is 2.94. The highest BCUT2D eigenvalue weighted by molar-refractivity contribution is 14.0. The van der Waals surface area contributed by atoms with Gasteiger partial charge in [-0.25, -0.2) is 4.98 Å². The molecule has 3 rings (SSSR count). The van der Waals surface area contributed by atoms with Gasteiger partial charge in [0.2, 0.25) is 5.88 Å². The Labute approximate surface area is 202 Å². The molecule has 0 bridgehead atoms. The zero-order valence-electron chi connectivity index (χ0n) is 18.5. The first kappa shape index (κ1) is 25.0. The Morgan fingerprint density at radius 3 is 2.52 bits per heavy atom. The summed E-state index contributed by atoms with van der Waals surface area (Å²) in [5, 5.41) is 6.69. The van der Waals surface area contributed by atoms with Gasteiger partial charge in [0.15, 0.2) is 17.5 Å². The number of ether oxygens (including phenoxy) is 3. The van der Waals surface area contributed by atoms with Crippen LogP contribution in [0.15, 0.2) is 41.5 Å². The molecule has 1 heterocycles. The summed E-state index contributed by atoms with van der Waals surface area (Å²) >= 11 is 0. The fourth-order valence-electron chi connectivity index (χ4n) is 3.57. The third-order valence-corrected chi connectivity index (χ3v) is 5.23. The molecule has 7 nitrogen and oxygen atoms in total. The van der Waals surface area contributed by atoms with Crippen molar-refractivity contribution >= 4 is 29.9 Å². The summed E-state index contributed by atoms with van der Waals surface area (Å²) < 4.78 is 16.6. The fourth-order valence-corrected chi connectivity index (χ4v) is 3.57. The maximum atomic E-state index is 5.99. The molecule has 170 valence electrons. The number of benzene rings is 1. The van der Waals surface area contributed by atoms with Crippen LogP contribution in [0.4, 0.5) is 0 Å². The minimum absolute atomic E-state index is 0. The van der Waals surface area contributed by atoms with Gasteiger partial charge in [0.1, 0.15) is 6.10 Å². The van der Waals surface area contributed by atoms with E-state index in [9.17, 15) is 0 Å². The van der Waals surface area contributed by atoms with Gasteiger partial charge in [-0.15, -0.1) is 24.0 Å². The van der Waals surface area contributed by atoms with Crippen molar-refractivity contribution in [2.24, 2.45) is 4.99 Å². The van der Waals surface area contributed by atoms with Crippen molar-refractivity contribution in [2.75, 3.05) is 27.8 Å². The highest BCUT2D eigenvalue weighted by Crippen LogP contribution is 2.27. The minimum atomic E-state index is 0. The number of guanidine groups is 1. The maximum Gasteiger partial charge on any atom is 0.213 e. The lowest BCUT2D eigenvalue weighted by molar-refractivity contribution is 0.201. The smallest absolute Gasteiger partial charge is 0.213 e. The zero-order chi connectivity index (χ0) is 21.2. The molecule has 1 aromatic heterocycles. The van der Waals surface area contributed by atoms with E-state index in [2.05, 4.69) is 20.6 Å².